The summed E-state index contributed by atoms with van der Waals surface area (Å²) in [6.07, 6.45) is -4.45. The van der Waals surface area contributed by atoms with Crippen LogP contribution >= 0.6 is 55.1 Å². The fraction of sp³-hybridized carbons (Fsp3) is 0.178. The molecule has 0 radical (unpaired) electrons. The second kappa shape index (κ2) is 20.7. The van der Waals surface area contributed by atoms with Crippen LogP contribution in [0.1, 0.15) is 62.9 Å². The van der Waals surface area contributed by atoms with Crippen molar-refractivity contribution in [2.75, 3.05) is 7.11 Å². The number of aryl methyl sites for hydroxylation is 1. The van der Waals surface area contributed by atoms with Gasteiger partial charge in [-0.1, -0.05) is 67.2 Å². The van der Waals surface area contributed by atoms with E-state index in [-0.39, 0.29) is 48.9 Å². The molecule has 0 spiro atoms. The van der Waals surface area contributed by atoms with Crippen LogP contribution in [0.2, 0.25) is 10.0 Å². The molecule has 0 fully saturated rings. The summed E-state index contributed by atoms with van der Waals surface area (Å²) in [7, 11) is 1.10. The van der Waals surface area contributed by atoms with Crippen molar-refractivity contribution in [2.45, 2.75) is 46.1 Å². The Balaban J connectivity index is 0.000000254. The molecule has 0 N–H and O–H groups in total. The van der Waals surface area contributed by atoms with Gasteiger partial charge in [-0.3, -0.25) is 4.79 Å². The maximum atomic E-state index is 14.3. The summed E-state index contributed by atoms with van der Waals surface area (Å²) in [6, 6.07) is 25.1. The van der Waals surface area contributed by atoms with Crippen LogP contribution in [0.5, 0.6) is 11.5 Å². The van der Waals surface area contributed by atoms with Gasteiger partial charge in [-0.05, 0) is 105 Å². The number of carbonyl (C=O) groups excluding carboxylic acids is 3. The maximum Gasteiger partial charge on any atom is 0.416 e. The van der Waals surface area contributed by atoms with Gasteiger partial charge in [-0.2, -0.15) is 13.2 Å². The lowest BCUT2D eigenvalue weighted by atomic mass is 10.0. The van der Waals surface area contributed by atoms with Crippen LogP contribution in [0.4, 0.5) is 22.0 Å². The fourth-order valence-electron chi connectivity index (χ4n) is 5.92. The number of ketones is 2. The van der Waals surface area contributed by atoms with E-state index in [1.807, 2.05) is 0 Å². The number of halogens is 9. The van der Waals surface area contributed by atoms with Crippen LogP contribution in [0.15, 0.2) is 112 Å². The molecule has 0 amide bonds. The normalized spacial score (nSPS) is 11.1. The molecule has 6 rings (SSSR count). The number of hydrogen-bond donors (Lipinski definition) is 0. The van der Waals surface area contributed by atoms with Crippen molar-refractivity contribution in [1.29, 1.82) is 0 Å². The third-order valence-corrected chi connectivity index (χ3v) is 10.4. The highest BCUT2D eigenvalue weighted by molar-refractivity contribution is 9.10. The second-order valence-electron chi connectivity index (χ2n) is 13.4. The second-order valence-corrected chi connectivity index (χ2v) is 16.1. The van der Waals surface area contributed by atoms with E-state index in [1.165, 1.54) is 31.2 Å². The molecule has 0 aliphatic heterocycles. The number of ether oxygens (including phenoxy) is 3. The van der Waals surface area contributed by atoms with E-state index in [9.17, 15) is 36.3 Å². The minimum absolute atomic E-state index is 0.0201. The number of nitrogens with zero attached hydrogens (tertiary/aromatic N) is 1. The molecule has 1 heterocycles. The summed E-state index contributed by atoms with van der Waals surface area (Å²) < 4.78 is 88.2. The Morgan fingerprint density at radius 3 is 1.84 bits per heavy atom. The smallest absolute Gasteiger partial charge is 0.416 e. The number of benzene rings is 5. The van der Waals surface area contributed by atoms with Gasteiger partial charge in [0.05, 0.1) is 29.5 Å². The number of aromatic nitrogens is 1. The molecule has 1 aromatic heterocycles. The van der Waals surface area contributed by atoms with Gasteiger partial charge in [0.25, 0.3) is 0 Å². The lowest BCUT2D eigenvalue weighted by Gasteiger charge is -2.18. The van der Waals surface area contributed by atoms with E-state index in [0.717, 1.165) is 19.2 Å². The first-order valence-corrected chi connectivity index (χ1v) is 20.4. The summed E-state index contributed by atoms with van der Waals surface area (Å²) in [4.78, 5) is 35.5. The molecule has 7 nitrogen and oxygen atoms in total. The Morgan fingerprint density at radius 1 is 0.705 bits per heavy atom. The summed E-state index contributed by atoms with van der Waals surface area (Å²) in [5.41, 5.74) is 1.34. The number of methoxy groups -OCH3 is 1. The highest BCUT2D eigenvalue weighted by atomic mass is 79.9. The van der Waals surface area contributed by atoms with Gasteiger partial charge in [0, 0.05) is 59.9 Å². The first-order chi connectivity index (χ1) is 28.8. The molecule has 5 aromatic carbocycles. The Hall–Kier alpha value is -5.02. The molecule has 6 aromatic rings. The van der Waals surface area contributed by atoms with Crippen LogP contribution in [0.25, 0.3) is 16.9 Å². The average Bonchev–Trinajstić information content (AvgIpc) is 3.60. The van der Waals surface area contributed by atoms with E-state index >= 15 is 0 Å². The predicted molar refractivity (Wildman–Crippen MR) is 230 cm³/mol. The van der Waals surface area contributed by atoms with Gasteiger partial charge >= 0.3 is 12.1 Å². The standard InChI is InChI=1S/C27H19BrClF4NO3.C18H15BrClFO3/c1-15-3-7-24(34(15)21-10-17(26(35)36-2)9-18(11-21)27(31,32)33)22-13-20(29)6-8-25(22)37-14-16-4-5-19(28)12-23(16)30;1-11(22)2-6-17(23)15-9-14(20)5-7-18(15)24-10-12-3-4-13(19)8-16(12)21/h3-13H,14H2,1-2H3;3-5,7-9H,2,6,10H2,1H3. The minimum atomic E-state index is -4.70. The van der Waals surface area contributed by atoms with Crippen molar-refractivity contribution >= 4 is 72.6 Å². The topological polar surface area (TPSA) is 83.8 Å². The third kappa shape index (κ3) is 12.5. The molecule has 61 heavy (non-hydrogen) atoms. The monoisotopic (exact) mass is 1010 g/mol. The lowest BCUT2D eigenvalue weighted by molar-refractivity contribution is -0.137. The summed E-state index contributed by atoms with van der Waals surface area (Å²) in [6.45, 7) is 3.03. The highest BCUT2D eigenvalue weighted by Crippen LogP contribution is 2.38. The number of rotatable bonds is 13. The quantitative estimate of drug-likeness (QED) is 0.0651. The van der Waals surface area contributed by atoms with Crippen molar-refractivity contribution in [3.8, 4) is 28.4 Å². The molecule has 318 valence electrons. The molecule has 0 aliphatic carbocycles. The SMILES string of the molecule is CC(=O)CCC(=O)c1cc(Cl)ccc1OCc1ccc(Br)cc1F.COC(=O)c1cc(-n2c(C)ccc2-c2cc(Cl)ccc2OCc2ccc(Br)cc2F)cc(C(F)(F)F)c1. The van der Waals surface area contributed by atoms with E-state index in [4.69, 9.17) is 32.7 Å². The van der Waals surface area contributed by atoms with Crippen molar-refractivity contribution in [2.24, 2.45) is 0 Å². The Morgan fingerprint density at radius 2 is 1.28 bits per heavy atom. The molecule has 0 unspecified atom stereocenters. The van der Waals surface area contributed by atoms with Gasteiger partial charge in [-0.15, -0.1) is 0 Å². The van der Waals surface area contributed by atoms with Gasteiger partial charge < -0.3 is 23.6 Å². The number of hydrogen-bond acceptors (Lipinski definition) is 6. The van der Waals surface area contributed by atoms with Crippen molar-refractivity contribution in [1.82, 2.24) is 4.57 Å². The van der Waals surface area contributed by atoms with Crippen molar-refractivity contribution in [3.05, 3.63) is 167 Å². The molecular weight excluding hydrogens is 976 g/mol. The third-order valence-electron chi connectivity index (χ3n) is 8.96. The zero-order valence-corrected chi connectivity index (χ0v) is 37.1. The highest BCUT2D eigenvalue weighted by Gasteiger charge is 2.32. The molecule has 0 atom stereocenters. The van der Waals surface area contributed by atoms with Crippen LogP contribution in [0.3, 0.4) is 0 Å². The largest absolute Gasteiger partial charge is 0.488 e. The average molecular weight is 1010 g/mol. The molecule has 16 heteroatoms. The first kappa shape index (κ1) is 47.0. The first-order valence-electron chi connectivity index (χ1n) is 18.1. The Bertz CT molecular complexity index is 2600. The fourth-order valence-corrected chi connectivity index (χ4v) is 6.93. The van der Waals surface area contributed by atoms with Crippen LogP contribution in [-0.2, 0) is 28.9 Å². The zero-order chi connectivity index (χ0) is 44.6. The van der Waals surface area contributed by atoms with Crippen LogP contribution < -0.4 is 9.47 Å². The number of carbonyl (C=O) groups is 3. The van der Waals surface area contributed by atoms with Crippen LogP contribution in [-0.4, -0.2) is 29.2 Å². The molecule has 0 aliphatic rings. The van der Waals surface area contributed by atoms with Gasteiger partial charge in [-0.25, -0.2) is 13.6 Å². The van der Waals surface area contributed by atoms with E-state index in [0.29, 0.717) is 64.1 Å². The van der Waals surface area contributed by atoms with Gasteiger partial charge in [0.1, 0.15) is 42.1 Å². The minimum Gasteiger partial charge on any atom is -0.488 e. The summed E-state index contributed by atoms with van der Waals surface area (Å²) in [5.74, 6) is -1.40. The van der Waals surface area contributed by atoms with E-state index < -0.39 is 29.3 Å². The van der Waals surface area contributed by atoms with Crippen molar-refractivity contribution < 1.29 is 50.5 Å². The number of esters is 1. The van der Waals surface area contributed by atoms with Crippen molar-refractivity contribution in [3.63, 3.8) is 0 Å². The zero-order valence-electron chi connectivity index (χ0n) is 32.4. The molecule has 0 bridgehead atoms. The van der Waals surface area contributed by atoms with Crippen LogP contribution in [0, 0.1) is 18.6 Å². The molecular formula is C45H34Br2Cl2F5NO6. The molecule has 0 saturated carbocycles. The van der Waals surface area contributed by atoms with Gasteiger partial charge in [0.15, 0.2) is 5.78 Å². The predicted octanol–water partition coefficient (Wildman–Crippen LogP) is 13.8. The summed E-state index contributed by atoms with van der Waals surface area (Å²) >= 11 is 18.6. The Kier molecular flexibility index (Phi) is 16.0. The molecule has 0 saturated heterocycles. The number of Topliss-reactive ketones (excluding diaryl/α,β-unsaturated/α-hetero) is 2. The van der Waals surface area contributed by atoms with E-state index in [1.54, 1.807) is 78.2 Å². The Labute approximate surface area is 374 Å². The van der Waals surface area contributed by atoms with E-state index in [2.05, 4.69) is 36.6 Å². The van der Waals surface area contributed by atoms with Gasteiger partial charge in [0.2, 0.25) is 0 Å². The lowest BCUT2D eigenvalue weighted by Crippen LogP contribution is -2.11. The number of alkyl halides is 3. The summed E-state index contributed by atoms with van der Waals surface area (Å²) in [5, 5.41) is 0.755. The maximum absolute atomic E-state index is 14.3.